The van der Waals surface area contributed by atoms with Gasteiger partial charge in [-0.2, -0.15) is 0 Å². The van der Waals surface area contributed by atoms with Crippen LogP contribution in [0.5, 0.6) is 0 Å². The number of H-pyrrole nitrogens is 1. The zero-order chi connectivity index (χ0) is 13.1. The Kier molecular flexibility index (Phi) is 3.70. The lowest BCUT2D eigenvalue weighted by Crippen LogP contribution is -2.37. The van der Waals surface area contributed by atoms with Gasteiger partial charge in [0, 0.05) is 16.9 Å². The average molecular weight is 244 g/mol. The summed E-state index contributed by atoms with van der Waals surface area (Å²) >= 11 is 0. The molecule has 0 aliphatic carbocycles. The molecule has 3 heteroatoms. The lowest BCUT2D eigenvalue weighted by molar-refractivity contribution is 0.0924. The molecule has 0 spiro atoms. The van der Waals surface area contributed by atoms with E-state index in [1.807, 2.05) is 30.3 Å². The lowest BCUT2D eigenvalue weighted by Gasteiger charge is -2.19. The summed E-state index contributed by atoms with van der Waals surface area (Å²) in [7, 11) is 0. The van der Waals surface area contributed by atoms with E-state index in [2.05, 4.69) is 31.1 Å². The number of aromatic nitrogens is 1. The number of benzene rings is 1. The van der Waals surface area contributed by atoms with Gasteiger partial charge in [-0.25, -0.2) is 0 Å². The van der Waals surface area contributed by atoms with Crippen molar-refractivity contribution in [3.63, 3.8) is 0 Å². The number of amides is 1. The monoisotopic (exact) mass is 244 g/mol. The Morgan fingerprint density at radius 1 is 1.33 bits per heavy atom. The fraction of sp³-hybridized carbons (Fsp3) is 0.400. The molecular formula is C15H20N2O. The minimum absolute atomic E-state index is 0.0287. The number of fused-ring (bicyclic) bond motifs is 1. The predicted molar refractivity (Wildman–Crippen MR) is 74.7 cm³/mol. The van der Waals surface area contributed by atoms with E-state index >= 15 is 0 Å². The van der Waals surface area contributed by atoms with E-state index in [4.69, 9.17) is 0 Å². The third kappa shape index (κ3) is 2.55. The smallest absolute Gasteiger partial charge is 0.267 e. The normalized spacial score (nSPS) is 14.4. The van der Waals surface area contributed by atoms with Crippen LogP contribution < -0.4 is 5.32 Å². The van der Waals surface area contributed by atoms with Crippen molar-refractivity contribution in [2.45, 2.75) is 33.2 Å². The minimum Gasteiger partial charge on any atom is -0.351 e. The van der Waals surface area contributed by atoms with Gasteiger partial charge in [-0.3, -0.25) is 4.79 Å². The van der Waals surface area contributed by atoms with Crippen molar-refractivity contribution in [3.8, 4) is 0 Å². The Morgan fingerprint density at radius 2 is 2.06 bits per heavy atom. The molecule has 96 valence electrons. The molecule has 0 aliphatic heterocycles. The number of carbonyl (C=O) groups excluding carboxylic acids is 1. The highest BCUT2D eigenvalue weighted by Gasteiger charge is 2.15. The highest BCUT2D eigenvalue weighted by atomic mass is 16.1. The summed E-state index contributed by atoms with van der Waals surface area (Å²) in [4.78, 5) is 15.2. The Balaban J connectivity index is 2.13. The van der Waals surface area contributed by atoms with Gasteiger partial charge in [0.05, 0.1) is 0 Å². The van der Waals surface area contributed by atoms with E-state index in [1.165, 1.54) is 0 Å². The molecule has 2 aromatic rings. The molecule has 0 fully saturated rings. The first-order valence-corrected chi connectivity index (χ1v) is 6.50. The Hall–Kier alpha value is -1.77. The largest absolute Gasteiger partial charge is 0.351 e. The summed E-state index contributed by atoms with van der Waals surface area (Å²) in [5, 5.41) is 4.11. The van der Waals surface area contributed by atoms with E-state index in [9.17, 15) is 4.79 Å². The molecule has 1 aromatic heterocycles. The number of carbonyl (C=O) groups is 1. The van der Waals surface area contributed by atoms with Crippen LogP contribution in [-0.2, 0) is 0 Å². The first-order chi connectivity index (χ1) is 8.61. The van der Waals surface area contributed by atoms with Gasteiger partial charge in [0.25, 0.3) is 5.91 Å². The number of nitrogens with one attached hydrogen (secondary N) is 2. The van der Waals surface area contributed by atoms with Crippen LogP contribution in [0.2, 0.25) is 0 Å². The topological polar surface area (TPSA) is 44.9 Å². The average Bonchev–Trinajstić information content (AvgIpc) is 2.81. The van der Waals surface area contributed by atoms with Crippen LogP contribution in [0.15, 0.2) is 30.3 Å². The van der Waals surface area contributed by atoms with Gasteiger partial charge in [-0.1, -0.05) is 38.5 Å². The maximum Gasteiger partial charge on any atom is 0.267 e. The predicted octanol–water partition coefficient (Wildman–Crippen LogP) is 3.33. The summed E-state index contributed by atoms with van der Waals surface area (Å²) in [6.07, 6.45) is 1.06. The van der Waals surface area contributed by atoms with Crippen molar-refractivity contribution in [1.82, 2.24) is 10.3 Å². The molecule has 1 aromatic carbocycles. The highest BCUT2D eigenvalue weighted by Crippen LogP contribution is 2.15. The maximum absolute atomic E-state index is 12.1. The zero-order valence-electron chi connectivity index (χ0n) is 11.2. The highest BCUT2D eigenvalue weighted by molar-refractivity contribution is 5.98. The first kappa shape index (κ1) is 12.7. The van der Waals surface area contributed by atoms with Gasteiger partial charge < -0.3 is 10.3 Å². The molecule has 0 saturated heterocycles. The van der Waals surface area contributed by atoms with Crippen molar-refractivity contribution >= 4 is 16.8 Å². The van der Waals surface area contributed by atoms with Crippen LogP contribution in [0.4, 0.5) is 0 Å². The third-order valence-corrected chi connectivity index (χ3v) is 3.63. The zero-order valence-corrected chi connectivity index (χ0v) is 11.2. The van der Waals surface area contributed by atoms with E-state index in [0.29, 0.717) is 11.6 Å². The van der Waals surface area contributed by atoms with E-state index < -0.39 is 0 Å². The number of aromatic amines is 1. The molecule has 2 atom stereocenters. The number of hydrogen-bond acceptors (Lipinski definition) is 1. The van der Waals surface area contributed by atoms with Gasteiger partial charge >= 0.3 is 0 Å². The molecule has 0 radical (unpaired) electrons. The quantitative estimate of drug-likeness (QED) is 0.851. The van der Waals surface area contributed by atoms with E-state index in [0.717, 1.165) is 17.3 Å². The van der Waals surface area contributed by atoms with Gasteiger partial charge in [-0.05, 0) is 25.0 Å². The Bertz CT molecular complexity index is 511. The summed E-state index contributed by atoms with van der Waals surface area (Å²) in [6, 6.07) is 10.00. The van der Waals surface area contributed by atoms with Crippen LogP contribution >= 0.6 is 0 Å². The Labute approximate surface area is 108 Å². The molecule has 18 heavy (non-hydrogen) atoms. The number of rotatable bonds is 4. The number of hydrogen-bond donors (Lipinski definition) is 2. The van der Waals surface area contributed by atoms with E-state index in [-0.39, 0.29) is 11.9 Å². The van der Waals surface area contributed by atoms with Crippen molar-refractivity contribution < 1.29 is 4.79 Å². The van der Waals surface area contributed by atoms with Crippen molar-refractivity contribution in [3.05, 3.63) is 36.0 Å². The summed E-state index contributed by atoms with van der Waals surface area (Å²) < 4.78 is 0. The van der Waals surface area contributed by atoms with Crippen LogP contribution in [-0.4, -0.2) is 16.9 Å². The first-order valence-electron chi connectivity index (χ1n) is 6.50. The molecule has 1 amide bonds. The fourth-order valence-electron chi connectivity index (χ4n) is 1.98. The van der Waals surface area contributed by atoms with Crippen LogP contribution in [0.1, 0.15) is 37.7 Å². The molecule has 2 N–H and O–H groups in total. The van der Waals surface area contributed by atoms with Crippen LogP contribution in [0, 0.1) is 5.92 Å². The van der Waals surface area contributed by atoms with Crippen LogP contribution in [0.3, 0.4) is 0 Å². The third-order valence-electron chi connectivity index (χ3n) is 3.63. The van der Waals surface area contributed by atoms with Gasteiger partial charge in [-0.15, -0.1) is 0 Å². The van der Waals surface area contributed by atoms with Crippen molar-refractivity contribution in [2.24, 2.45) is 5.92 Å². The second kappa shape index (κ2) is 5.25. The maximum atomic E-state index is 12.1. The molecule has 2 rings (SSSR count). The molecule has 1 heterocycles. The second-order valence-electron chi connectivity index (χ2n) is 4.92. The fourth-order valence-corrected chi connectivity index (χ4v) is 1.98. The molecule has 0 bridgehead atoms. The SMILES string of the molecule is CCC(C)C(C)NC(=O)c1cc2ccccc2[nH]1. The molecule has 0 aliphatic rings. The molecular weight excluding hydrogens is 224 g/mol. The summed E-state index contributed by atoms with van der Waals surface area (Å²) in [5.74, 6) is 0.456. The Morgan fingerprint density at radius 3 is 2.72 bits per heavy atom. The molecule has 3 nitrogen and oxygen atoms in total. The molecule has 0 saturated carbocycles. The number of para-hydroxylation sites is 1. The van der Waals surface area contributed by atoms with Crippen LogP contribution in [0.25, 0.3) is 10.9 Å². The van der Waals surface area contributed by atoms with Gasteiger partial charge in [0.1, 0.15) is 5.69 Å². The van der Waals surface area contributed by atoms with Crippen molar-refractivity contribution in [2.75, 3.05) is 0 Å². The van der Waals surface area contributed by atoms with Gasteiger partial charge in [0.15, 0.2) is 0 Å². The summed E-state index contributed by atoms with van der Waals surface area (Å²) in [6.45, 7) is 6.33. The standard InChI is InChI=1S/C15H20N2O/c1-4-10(2)11(3)16-15(18)14-9-12-7-5-6-8-13(12)17-14/h5-11,17H,4H2,1-3H3,(H,16,18). The summed E-state index contributed by atoms with van der Waals surface area (Å²) in [5.41, 5.74) is 1.63. The van der Waals surface area contributed by atoms with Gasteiger partial charge in [0.2, 0.25) is 0 Å². The van der Waals surface area contributed by atoms with E-state index in [1.54, 1.807) is 0 Å². The second-order valence-corrected chi connectivity index (χ2v) is 4.92. The lowest BCUT2D eigenvalue weighted by atomic mass is 10.0. The molecule has 2 unspecified atom stereocenters. The van der Waals surface area contributed by atoms with Crippen molar-refractivity contribution in [1.29, 1.82) is 0 Å². The minimum atomic E-state index is -0.0287.